The van der Waals surface area contributed by atoms with Crippen LogP contribution in [0.4, 0.5) is 38.0 Å². The highest BCUT2D eigenvalue weighted by molar-refractivity contribution is 5.92. The molecule has 0 aromatic heterocycles. The lowest BCUT2D eigenvalue weighted by Gasteiger charge is -2.06. The number of carbonyl (C=O) groups is 2. The second-order valence-electron chi connectivity index (χ2n) is 4.51. The fourth-order valence-corrected chi connectivity index (χ4v) is 1.77. The summed E-state index contributed by atoms with van der Waals surface area (Å²) in [5.41, 5.74) is 18.0. The highest BCUT2D eigenvalue weighted by atomic mass is 16.2. The zero-order valence-corrected chi connectivity index (χ0v) is 12.0. The molecule has 0 saturated heterocycles. The number of hydrogen-bond donors (Lipinski definition) is 5. The number of primary amides is 2. The van der Waals surface area contributed by atoms with E-state index >= 15 is 0 Å². The van der Waals surface area contributed by atoms with Gasteiger partial charge in [-0.3, -0.25) is 0 Å². The van der Waals surface area contributed by atoms with Gasteiger partial charge in [0, 0.05) is 11.4 Å². The van der Waals surface area contributed by atoms with Crippen LogP contribution in [0.25, 0.3) is 0 Å². The quantitative estimate of drug-likeness (QED) is 0.434. The van der Waals surface area contributed by atoms with Crippen molar-refractivity contribution in [1.82, 2.24) is 0 Å². The number of azo groups is 1. The fourth-order valence-electron chi connectivity index (χ4n) is 1.77. The normalized spacial score (nSPS) is 10.4. The van der Waals surface area contributed by atoms with Crippen molar-refractivity contribution in [3.05, 3.63) is 42.5 Å². The van der Waals surface area contributed by atoms with Gasteiger partial charge in [-0.2, -0.15) is 5.11 Å². The van der Waals surface area contributed by atoms with Gasteiger partial charge in [0.2, 0.25) is 0 Å². The molecule has 8 N–H and O–H groups in total. The Bertz CT molecular complexity index is 773. The second-order valence-corrected chi connectivity index (χ2v) is 4.51. The highest BCUT2D eigenvalue weighted by Gasteiger charge is 2.05. The van der Waals surface area contributed by atoms with Crippen LogP contribution in [-0.2, 0) is 0 Å². The van der Waals surface area contributed by atoms with Crippen molar-refractivity contribution < 1.29 is 9.59 Å². The largest absolute Gasteiger partial charge is 0.399 e. The molecule has 0 spiro atoms. The van der Waals surface area contributed by atoms with Crippen molar-refractivity contribution >= 4 is 40.5 Å². The van der Waals surface area contributed by atoms with Crippen LogP contribution >= 0.6 is 0 Å². The van der Waals surface area contributed by atoms with Crippen molar-refractivity contribution in [3.63, 3.8) is 0 Å². The third kappa shape index (κ3) is 4.70. The number of carbonyl (C=O) groups excluding carboxylic acids is 2. The summed E-state index contributed by atoms with van der Waals surface area (Å²) in [7, 11) is 0. The summed E-state index contributed by atoms with van der Waals surface area (Å²) in [6.07, 6.45) is 0. The van der Waals surface area contributed by atoms with E-state index in [1.807, 2.05) is 0 Å². The van der Waals surface area contributed by atoms with Crippen LogP contribution in [0.2, 0.25) is 0 Å². The van der Waals surface area contributed by atoms with E-state index in [2.05, 4.69) is 20.9 Å². The number of nitrogens with zero attached hydrogens (tertiary/aromatic N) is 2. The zero-order valence-electron chi connectivity index (χ0n) is 12.0. The first-order chi connectivity index (χ1) is 10.9. The maximum atomic E-state index is 11.0. The Kier molecular flexibility index (Phi) is 4.72. The Balaban J connectivity index is 2.26. The number of benzene rings is 2. The maximum absolute atomic E-state index is 11.0. The summed E-state index contributed by atoms with van der Waals surface area (Å²) in [6, 6.07) is 9.94. The van der Waals surface area contributed by atoms with E-state index in [-0.39, 0.29) is 0 Å². The molecule has 118 valence electrons. The van der Waals surface area contributed by atoms with E-state index in [0.29, 0.717) is 28.4 Å². The number of rotatable bonds is 4. The molecule has 4 amide bonds. The van der Waals surface area contributed by atoms with Crippen LogP contribution in [0.1, 0.15) is 0 Å². The van der Waals surface area contributed by atoms with E-state index in [1.165, 1.54) is 6.07 Å². The Labute approximate surface area is 131 Å². The second kappa shape index (κ2) is 6.89. The number of nitrogen functional groups attached to an aromatic ring is 1. The monoisotopic (exact) mass is 313 g/mol. The van der Waals surface area contributed by atoms with E-state index in [4.69, 9.17) is 17.2 Å². The van der Waals surface area contributed by atoms with Crippen LogP contribution in [0.5, 0.6) is 0 Å². The zero-order chi connectivity index (χ0) is 16.8. The fraction of sp³-hybridized carbons (Fsp3) is 0. The van der Waals surface area contributed by atoms with Crippen molar-refractivity contribution in [1.29, 1.82) is 0 Å². The van der Waals surface area contributed by atoms with Crippen LogP contribution in [0.3, 0.4) is 0 Å². The number of nitrogens with one attached hydrogen (secondary N) is 2. The molecule has 2 aromatic rings. The van der Waals surface area contributed by atoms with Gasteiger partial charge in [0.15, 0.2) is 0 Å². The lowest BCUT2D eigenvalue weighted by Crippen LogP contribution is -2.19. The molecule has 0 saturated carbocycles. The van der Waals surface area contributed by atoms with E-state index < -0.39 is 12.1 Å². The van der Waals surface area contributed by atoms with Crippen molar-refractivity contribution in [2.75, 3.05) is 16.4 Å². The number of hydrogen-bond acceptors (Lipinski definition) is 5. The van der Waals surface area contributed by atoms with Gasteiger partial charge in [0.25, 0.3) is 0 Å². The molecular formula is C14H15N7O2. The molecule has 0 fully saturated rings. The van der Waals surface area contributed by atoms with Gasteiger partial charge in [0.05, 0.1) is 11.4 Å². The first-order valence-electron chi connectivity index (χ1n) is 6.48. The predicted octanol–water partition coefficient (Wildman–Crippen LogP) is 2.67. The van der Waals surface area contributed by atoms with Crippen molar-refractivity contribution in [3.8, 4) is 0 Å². The summed E-state index contributed by atoms with van der Waals surface area (Å²) in [4.78, 5) is 21.8. The lowest BCUT2D eigenvalue weighted by molar-refractivity contribution is 0.258. The maximum Gasteiger partial charge on any atom is 0.316 e. The average Bonchev–Trinajstić information content (AvgIpc) is 2.45. The molecule has 0 unspecified atom stereocenters. The number of nitrogens with two attached hydrogens (primary N) is 3. The Morgan fingerprint density at radius 1 is 0.913 bits per heavy atom. The van der Waals surface area contributed by atoms with Gasteiger partial charge in [0.1, 0.15) is 5.69 Å². The summed E-state index contributed by atoms with van der Waals surface area (Å²) in [5, 5.41) is 12.9. The van der Waals surface area contributed by atoms with Crippen LogP contribution in [0, 0.1) is 0 Å². The Hall–Kier alpha value is -3.62. The first kappa shape index (κ1) is 15.8. The number of amides is 4. The van der Waals surface area contributed by atoms with Gasteiger partial charge in [-0.1, -0.05) is 6.07 Å². The molecule has 0 aliphatic rings. The van der Waals surface area contributed by atoms with Gasteiger partial charge >= 0.3 is 12.1 Å². The molecule has 0 atom stereocenters. The smallest absolute Gasteiger partial charge is 0.316 e. The molecule has 2 aromatic carbocycles. The molecule has 0 heterocycles. The van der Waals surface area contributed by atoms with E-state index in [9.17, 15) is 9.59 Å². The molecule has 0 bridgehead atoms. The first-order valence-corrected chi connectivity index (χ1v) is 6.48. The van der Waals surface area contributed by atoms with Crippen LogP contribution in [-0.4, -0.2) is 12.1 Å². The summed E-state index contributed by atoms with van der Waals surface area (Å²) >= 11 is 0. The van der Waals surface area contributed by atoms with Gasteiger partial charge in [-0.25, -0.2) is 9.59 Å². The minimum Gasteiger partial charge on any atom is -0.399 e. The molecule has 9 nitrogen and oxygen atoms in total. The standard InChI is InChI=1S/C14H15N7O2/c15-8-4-5-11(12(6-8)19-14(17)23)21-20-10-3-1-2-9(7-10)18-13(16)22/h1-7H,15H2,(H3,16,18,22)(H3,17,19,23). The van der Waals surface area contributed by atoms with Gasteiger partial charge < -0.3 is 27.8 Å². The lowest BCUT2D eigenvalue weighted by atomic mass is 10.2. The molecule has 9 heteroatoms. The van der Waals surface area contributed by atoms with Gasteiger partial charge in [-0.15, -0.1) is 5.11 Å². The molecule has 0 aliphatic heterocycles. The van der Waals surface area contributed by atoms with Crippen molar-refractivity contribution in [2.24, 2.45) is 21.7 Å². The summed E-state index contributed by atoms with van der Waals surface area (Å²) in [5.74, 6) is 0. The number of urea groups is 2. The van der Waals surface area contributed by atoms with Crippen LogP contribution < -0.4 is 27.8 Å². The molecule has 0 radical (unpaired) electrons. The summed E-state index contributed by atoms with van der Waals surface area (Å²) < 4.78 is 0. The number of anilines is 3. The van der Waals surface area contributed by atoms with Crippen molar-refractivity contribution in [2.45, 2.75) is 0 Å². The van der Waals surface area contributed by atoms with E-state index in [0.717, 1.165) is 0 Å². The molecule has 2 rings (SSSR count). The third-order valence-electron chi connectivity index (χ3n) is 2.67. The molecular weight excluding hydrogens is 298 g/mol. The van der Waals surface area contributed by atoms with E-state index in [1.54, 1.807) is 36.4 Å². The topological polar surface area (TPSA) is 161 Å². The summed E-state index contributed by atoms with van der Waals surface area (Å²) in [6.45, 7) is 0. The predicted molar refractivity (Wildman–Crippen MR) is 87.9 cm³/mol. The molecule has 0 aliphatic carbocycles. The minimum absolute atomic E-state index is 0.340. The van der Waals surface area contributed by atoms with Gasteiger partial charge in [-0.05, 0) is 36.4 Å². The Morgan fingerprint density at radius 3 is 2.35 bits per heavy atom. The SMILES string of the molecule is NC(=O)Nc1cccc(N=Nc2ccc(N)cc2NC(N)=O)c1. The minimum atomic E-state index is -0.736. The Morgan fingerprint density at radius 2 is 1.65 bits per heavy atom. The average molecular weight is 313 g/mol. The highest BCUT2D eigenvalue weighted by Crippen LogP contribution is 2.29. The third-order valence-corrected chi connectivity index (χ3v) is 2.67. The molecule has 23 heavy (non-hydrogen) atoms. The van der Waals surface area contributed by atoms with Crippen LogP contribution in [0.15, 0.2) is 52.7 Å².